The number of fused-ring (bicyclic) bond motifs is 2. The molecule has 0 spiro atoms. The lowest BCUT2D eigenvalue weighted by atomic mass is 9.71. The van der Waals surface area contributed by atoms with E-state index >= 15 is 0 Å². The van der Waals surface area contributed by atoms with Crippen LogP contribution in [-0.2, 0) is 19.6 Å². The zero-order valence-electron chi connectivity index (χ0n) is 12.9. The van der Waals surface area contributed by atoms with Gasteiger partial charge in [0.2, 0.25) is 0 Å². The molecule has 1 saturated heterocycles. The number of hydrogen-bond donors (Lipinski definition) is 1. The van der Waals surface area contributed by atoms with Gasteiger partial charge in [-0.05, 0) is 51.2 Å². The molecule has 1 saturated carbocycles. The third-order valence-electron chi connectivity index (χ3n) is 4.99. The van der Waals surface area contributed by atoms with Crippen LogP contribution >= 0.6 is 0 Å². The van der Waals surface area contributed by atoms with Gasteiger partial charge in [0.1, 0.15) is 11.7 Å². The number of rotatable bonds is 3. The van der Waals surface area contributed by atoms with Gasteiger partial charge in [0.25, 0.3) is 0 Å². The Labute approximate surface area is 131 Å². The highest BCUT2D eigenvalue weighted by Gasteiger charge is 2.53. The fraction of sp³-hybridized carbons (Fsp3) is 0.625. The molecule has 0 unspecified atom stereocenters. The van der Waals surface area contributed by atoms with Crippen molar-refractivity contribution in [2.75, 3.05) is 5.75 Å². The van der Waals surface area contributed by atoms with Crippen LogP contribution in [0.3, 0.4) is 0 Å². The van der Waals surface area contributed by atoms with Crippen LogP contribution in [0, 0.1) is 5.92 Å². The largest absolute Gasteiger partial charge is 0.387 e. The van der Waals surface area contributed by atoms with Crippen LogP contribution in [0.1, 0.15) is 33.1 Å². The normalized spacial score (nSPS) is 38.7. The number of benzene rings is 1. The number of aliphatic hydroxyl groups is 1. The fourth-order valence-corrected chi connectivity index (χ4v) is 5.20. The zero-order valence-corrected chi connectivity index (χ0v) is 13.7. The molecule has 4 atom stereocenters. The molecule has 22 heavy (non-hydrogen) atoms. The van der Waals surface area contributed by atoms with E-state index in [9.17, 15) is 13.5 Å². The molecule has 0 radical (unpaired) electrons. The van der Waals surface area contributed by atoms with Crippen LogP contribution < -0.4 is 0 Å². The molecule has 6 heteroatoms. The summed E-state index contributed by atoms with van der Waals surface area (Å²) in [5.74, 6) is -0.0613. The Morgan fingerprint density at radius 2 is 1.95 bits per heavy atom. The van der Waals surface area contributed by atoms with Crippen molar-refractivity contribution in [2.45, 2.75) is 55.3 Å². The first-order chi connectivity index (χ1) is 10.2. The first kappa shape index (κ1) is 15.9. The number of sulfone groups is 1. The van der Waals surface area contributed by atoms with Gasteiger partial charge in [0.05, 0.1) is 16.2 Å². The van der Waals surface area contributed by atoms with Crippen molar-refractivity contribution in [3.05, 3.63) is 30.3 Å². The molecule has 1 aromatic carbocycles. The van der Waals surface area contributed by atoms with E-state index in [-0.39, 0.29) is 11.7 Å². The van der Waals surface area contributed by atoms with E-state index in [4.69, 9.17) is 9.78 Å². The van der Waals surface area contributed by atoms with Gasteiger partial charge < -0.3 is 5.11 Å². The third kappa shape index (κ3) is 2.80. The van der Waals surface area contributed by atoms with Crippen LogP contribution in [0.4, 0.5) is 0 Å². The van der Waals surface area contributed by atoms with E-state index in [2.05, 4.69) is 0 Å². The summed E-state index contributed by atoms with van der Waals surface area (Å²) in [5.41, 5.74) is -1.79. The van der Waals surface area contributed by atoms with Gasteiger partial charge in [0, 0.05) is 0 Å². The second-order valence-electron chi connectivity index (χ2n) is 6.88. The van der Waals surface area contributed by atoms with Gasteiger partial charge >= 0.3 is 0 Å². The summed E-state index contributed by atoms with van der Waals surface area (Å²) in [5, 5.41) is 10.2. The van der Waals surface area contributed by atoms with Crippen LogP contribution in [0.25, 0.3) is 0 Å². The average molecular weight is 326 g/mol. The molecular formula is C16H22O5S. The molecule has 1 heterocycles. The summed E-state index contributed by atoms with van der Waals surface area (Å²) in [6.45, 7) is 3.52. The van der Waals surface area contributed by atoms with Gasteiger partial charge in [-0.1, -0.05) is 18.2 Å². The van der Waals surface area contributed by atoms with E-state index < -0.39 is 27.1 Å². The van der Waals surface area contributed by atoms with E-state index in [0.717, 1.165) is 6.42 Å². The van der Waals surface area contributed by atoms with E-state index in [1.165, 1.54) is 0 Å². The Kier molecular flexibility index (Phi) is 3.84. The minimum Gasteiger partial charge on any atom is -0.387 e. The van der Waals surface area contributed by atoms with Crippen molar-refractivity contribution in [3.8, 4) is 0 Å². The molecule has 1 N–H and O–H groups in total. The van der Waals surface area contributed by atoms with Crippen LogP contribution in [0.5, 0.6) is 0 Å². The smallest absolute Gasteiger partial charge is 0.181 e. The molecule has 5 nitrogen and oxygen atoms in total. The molecule has 1 aliphatic heterocycles. The monoisotopic (exact) mass is 326 g/mol. The van der Waals surface area contributed by atoms with Gasteiger partial charge in [-0.2, -0.15) is 0 Å². The van der Waals surface area contributed by atoms with E-state index in [1.54, 1.807) is 44.2 Å². The Bertz CT molecular complexity index is 640. The summed E-state index contributed by atoms with van der Waals surface area (Å²) < 4.78 is 25.2. The van der Waals surface area contributed by atoms with E-state index in [1.807, 2.05) is 0 Å². The second-order valence-corrected chi connectivity index (χ2v) is 8.87. The van der Waals surface area contributed by atoms with Crippen molar-refractivity contribution in [2.24, 2.45) is 5.92 Å². The average Bonchev–Trinajstić information content (AvgIpc) is 2.46. The predicted molar refractivity (Wildman–Crippen MR) is 80.8 cm³/mol. The SMILES string of the molecule is C[C@]1(CS(=O)(=O)c2ccccc2)OO[C@@H]2C[C@H]1CC[C@@]2(C)O. The molecule has 3 rings (SSSR count). The lowest BCUT2D eigenvalue weighted by Gasteiger charge is -2.50. The van der Waals surface area contributed by atoms with E-state index in [0.29, 0.717) is 17.7 Å². The van der Waals surface area contributed by atoms with Gasteiger partial charge in [-0.3, -0.25) is 0 Å². The van der Waals surface area contributed by atoms with Gasteiger partial charge in [-0.15, -0.1) is 0 Å². The topological polar surface area (TPSA) is 72.8 Å². The molecule has 2 fully saturated rings. The van der Waals surface area contributed by atoms with Crippen molar-refractivity contribution < 1.29 is 23.3 Å². The third-order valence-corrected chi connectivity index (χ3v) is 6.93. The molecule has 122 valence electrons. The highest BCUT2D eigenvalue weighted by molar-refractivity contribution is 7.91. The number of hydrogen-bond acceptors (Lipinski definition) is 5. The quantitative estimate of drug-likeness (QED) is 0.861. The van der Waals surface area contributed by atoms with Crippen molar-refractivity contribution in [1.82, 2.24) is 0 Å². The Morgan fingerprint density at radius 1 is 1.27 bits per heavy atom. The van der Waals surface area contributed by atoms with Gasteiger partial charge in [-0.25, -0.2) is 18.2 Å². The molecule has 2 aliphatic rings. The predicted octanol–water partition coefficient (Wildman–Crippen LogP) is 2.10. The summed E-state index contributed by atoms with van der Waals surface area (Å²) in [4.78, 5) is 11.1. The molecule has 2 bridgehead atoms. The Balaban J connectivity index is 1.81. The summed E-state index contributed by atoms with van der Waals surface area (Å²) >= 11 is 0. The molecule has 1 aromatic rings. The molecular weight excluding hydrogens is 304 g/mol. The summed E-state index contributed by atoms with van der Waals surface area (Å²) in [6.07, 6.45) is 1.55. The van der Waals surface area contributed by atoms with Crippen LogP contribution in [0.2, 0.25) is 0 Å². The van der Waals surface area contributed by atoms with Crippen molar-refractivity contribution >= 4 is 9.84 Å². The second kappa shape index (κ2) is 5.30. The minimum absolute atomic E-state index is 0.0602. The maximum absolute atomic E-state index is 12.6. The Hall–Kier alpha value is -0.950. The minimum atomic E-state index is -3.45. The first-order valence-corrected chi connectivity index (χ1v) is 9.23. The first-order valence-electron chi connectivity index (χ1n) is 7.58. The van der Waals surface area contributed by atoms with Crippen molar-refractivity contribution in [1.29, 1.82) is 0 Å². The zero-order chi connectivity index (χ0) is 16.0. The fourth-order valence-electron chi connectivity index (χ4n) is 3.42. The van der Waals surface area contributed by atoms with Crippen molar-refractivity contribution in [3.63, 3.8) is 0 Å². The summed E-state index contributed by atoms with van der Waals surface area (Å²) in [7, 11) is -3.45. The Morgan fingerprint density at radius 3 is 2.64 bits per heavy atom. The van der Waals surface area contributed by atoms with Crippen LogP contribution in [0.15, 0.2) is 35.2 Å². The molecule has 0 amide bonds. The highest BCUT2D eigenvalue weighted by atomic mass is 32.2. The lowest BCUT2D eigenvalue weighted by Crippen LogP contribution is -2.58. The lowest BCUT2D eigenvalue weighted by molar-refractivity contribution is -0.441. The van der Waals surface area contributed by atoms with Gasteiger partial charge in [0.15, 0.2) is 9.84 Å². The molecule has 0 aromatic heterocycles. The highest BCUT2D eigenvalue weighted by Crippen LogP contribution is 2.45. The van der Waals surface area contributed by atoms with Crippen LogP contribution in [-0.4, -0.2) is 36.6 Å². The molecule has 1 aliphatic carbocycles. The maximum Gasteiger partial charge on any atom is 0.181 e. The maximum atomic E-state index is 12.6. The standard InChI is InChI=1S/C16H22O5S/c1-15(17)9-8-12-10-14(15)20-21-16(12,2)11-22(18,19)13-6-4-3-5-7-13/h3-7,12,14,17H,8-11H2,1-2H3/t12-,14-,15-,16-/m1/s1. The summed E-state index contributed by atoms with van der Waals surface area (Å²) in [6, 6.07) is 8.39.